The SMILES string of the molecule is CC(C)(C)OC(=O)C(N)c1ccc(CC(NC(=O)OCC2c3ccccc3-c3ccccc32)C(=O)O)cc1. The minimum absolute atomic E-state index is 0.0293. The smallest absolute Gasteiger partial charge is 0.407 e. The second kappa shape index (κ2) is 11.1. The largest absolute Gasteiger partial charge is 0.480 e. The minimum Gasteiger partial charge on any atom is -0.480 e. The lowest BCUT2D eigenvalue weighted by atomic mass is 9.98. The molecule has 1 aliphatic carbocycles. The van der Waals surface area contributed by atoms with Gasteiger partial charge in [-0.2, -0.15) is 0 Å². The van der Waals surface area contributed by atoms with Gasteiger partial charge in [-0.15, -0.1) is 0 Å². The first-order valence-corrected chi connectivity index (χ1v) is 12.4. The molecular weight excluding hydrogens is 484 g/mol. The predicted molar refractivity (Wildman–Crippen MR) is 143 cm³/mol. The molecule has 0 spiro atoms. The third-order valence-corrected chi connectivity index (χ3v) is 6.37. The molecule has 0 saturated carbocycles. The lowest BCUT2D eigenvalue weighted by Crippen LogP contribution is -2.42. The number of hydrogen-bond donors (Lipinski definition) is 3. The molecule has 198 valence electrons. The molecule has 0 bridgehead atoms. The summed E-state index contributed by atoms with van der Waals surface area (Å²) in [5.74, 6) is -1.86. The number of hydrogen-bond acceptors (Lipinski definition) is 6. The monoisotopic (exact) mass is 516 g/mol. The van der Waals surface area contributed by atoms with Crippen molar-refractivity contribution in [3.63, 3.8) is 0 Å². The van der Waals surface area contributed by atoms with Crippen molar-refractivity contribution < 1.29 is 29.0 Å². The van der Waals surface area contributed by atoms with Crippen molar-refractivity contribution in [2.24, 2.45) is 5.73 Å². The summed E-state index contributed by atoms with van der Waals surface area (Å²) in [7, 11) is 0. The zero-order valence-corrected chi connectivity index (χ0v) is 21.6. The van der Waals surface area contributed by atoms with Crippen LogP contribution in [0.5, 0.6) is 0 Å². The zero-order chi connectivity index (χ0) is 27.4. The summed E-state index contributed by atoms with van der Waals surface area (Å²) in [6.07, 6.45) is -0.774. The second-order valence-corrected chi connectivity index (χ2v) is 10.3. The van der Waals surface area contributed by atoms with E-state index in [1.165, 1.54) is 0 Å². The molecule has 4 rings (SSSR count). The Labute approximate surface area is 221 Å². The van der Waals surface area contributed by atoms with Gasteiger partial charge in [0.25, 0.3) is 0 Å². The zero-order valence-electron chi connectivity index (χ0n) is 21.6. The predicted octanol–water partition coefficient (Wildman–Crippen LogP) is 4.56. The quantitative estimate of drug-likeness (QED) is 0.374. The Bertz CT molecular complexity index is 1280. The van der Waals surface area contributed by atoms with Crippen LogP contribution in [0.25, 0.3) is 11.1 Å². The lowest BCUT2D eigenvalue weighted by molar-refractivity contribution is -0.156. The van der Waals surface area contributed by atoms with Crippen molar-refractivity contribution in [1.29, 1.82) is 0 Å². The van der Waals surface area contributed by atoms with E-state index in [1.54, 1.807) is 45.0 Å². The molecule has 8 nitrogen and oxygen atoms in total. The molecule has 0 heterocycles. The number of carbonyl (C=O) groups is 3. The topological polar surface area (TPSA) is 128 Å². The lowest BCUT2D eigenvalue weighted by Gasteiger charge is -2.22. The summed E-state index contributed by atoms with van der Waals surface area (Å²) in [5, 5.41) is 12.2. The molecule has 0 fully saturated rings. The van der Waals surface area contributed by atoms with Crippen LogP contribution in [0.2, 0.25) is 0 Å². The molecule has 1 aliphatic rings. The molecule has 0 aliphatic heterocycles. The Balaban J connectivity index is 1.36. The molecule has 2 atom stereocenters. The number of benzene rings is 3. The molecule has 38 heavy (non-hydrogen) atoms. The highest BCUT2D eigenvalue weighted by Gasteiger charge is 2.30. The Kier molecular flexibility index (Phi) is 7.83. The molecule has 2 unspecified atom stereocenters. The van der Waals surface area contributed by atoms with Crippen LogP contribution >= 0.6 is 0 Å². The summed E-state index contributed by atoms with van der Waals surface area (Å²) < 4.78 is 10.8. The van der Waals surface area contributed by atoms with Crippen LogP contribution in [-0.4, -0.2) is 41.4 Å². The van der Waals surface area contributed by atoms with Crippen molar-refractivity contribution in [1.82, 2.24) is 5.32 Å². The van der Waals surface area contributed by atoms with Gasteiger partial charge in [0, 0.05) is 12.3 Å². The maximum Gasteiger partial charge on any atom is 0.407 e. The van der Waals surface area contributed by atoms with Crippen LogP contribution < -0.4 is 11.1 Å². The molecule has 0 aromatic heterocycles. The Morgan fingerprint density at radius 2 is 1.47 bits per heavy atom. The maximum absolute atomic E-state index is 12.6. The number of esters is 1. The van der Waals surface area contributed by atoms with Crippen molar-refractivity contribution in [2.75, 3.05) is 6.61 Å². The normalized spacial score (nSPS) is 14.1. The number of alkyl carbamates (subject to hydrolysis) is 1. The first-order chi connectivity index (χ1) is 18.0. The Morgan fingerprint density at radius 3 is 2.00 bits per heavy atom. The van der Waals surface area contributed by atoms with Crippen LogP contribution in [0.15, 0.2) is 72.8 Å². The van der Waals surface area contributed by atoms with Gasteiger partial charge in [0.15, 0.2) is 0 Å². The van der Waals surface area contributed by atoms with Gasteiger partial charge in [-0.1, -0.05) is 72.8 Å². The van der Waals surface area contributed by atoms with E-state index in [0.29, 0.717) is 11.1 Å². The van der Waals surface area contributed by atoms with Gasteiger partial charge in [-0.3, -0.25) is 0 Å². The van der Waals surface area contributed by atoms with Crippen molar-refractivity contribution >= 4 is 18.0 Å². The minimum atomic E-state index is -1.20. The summed E-state index contributed by atoms with van der Waals surface area (Å²) in [6.45, 7) is 5.37. The highest BCUT2D eigenvalue weighted by atomic mass is 16.6. The van der Waals surface area contributed by atoms with Crippen LogP contribution in [-0.2, 0) is 25.5 Å². The summed E-state index contributed by atoms with van der Waals surface area (Å²) in [4.78, 5) is 36.7. The fraction of sp³-hybridized carbons (Fsp3) is 0.300. The number of carbonyl (C=O) groups excluding carboxylic acids is 2. The number of aliphatic carboxylic acids is 1. The first-order valence-electron chi connectivity index (χ1n) is 12.4. The van der Waals surface area contributed by atoms with Crippen LogP contribution in [0.3, 0.4) is 0 Å². The molecule has 1 amide bonds. The second-order valence-electron chi connectivity index (χ2n) is 10.3. The van der Waals surface area contributed by atoms with Gasteiger partial charge in [0.1, 0.15) is 24.3 Å². The molecule has 8 heteroatoms. The van der Waals surface area contributed by atoms with E-state index in [2.05, 4.69) is 5.32 Å². The Hall–Kier alpha value is -4.17. The molecule has 3 aromatic carbocycles. The fourth-order valence-electron chi connectivity index (χ4n) is 4.58. The van der Waals surface area contributed by atoms with E-state index in [1.807, 2.05) is 48.5 Å². The fourth-order valence-corrected chi connectivity index (χ4v) is 4.58. The van der Waals surface area contributed by atoms with Gasteiger partial charge in [0.05, 0.1) is 0 Å². The molecule has 0 saturated heterocycles. The number of carboxylic acid groups (broad SMARTS) is 1. The van der Waals surface area contributed by atoms with E-state index in [4.69, 9.17) is 15.2 Å². The number of nitrogens with one attached hydrogen (secondary N) is 1. The first kappa shape index (κ1) is 26.9. The third kappa shape index (κ3) is 6.20. The highest BCUT2D eigenvalue weighted by molar-refractivity contribution is 5.81. The van der Waals surface area contributed by atoms with Crippen LogP contribution in [0.4, 0.5) is 4.79 Å². The van der Waals surface area contributed by atoms with Crippen LogP contribution in [0, 0.1) is 0 Å². The number of fused-ring (bicyclic) bond motifs is 3. The highest BCUT2D eigenvalue weighted by Crippen LogP contribution is 2.44. The van der Waals surface area contributed by atoms with Gasteiger partial charge >= 0.3 is 18.0 Å². The standard InChI is InChI=1S/C30H32N2O6/c1-30(2,3)38-28(35)26(31)19-14-12-18(13-15-19)16-25(27(33)34)32-29(36)37-17-24-22-10-6-4-8-20(22)21-9-5-7-11-23(21)24/h4-15,24-26H,16-17,31H2,1-3H3,(H,32,36)(H,33,34). The van der Waals surface area contributed by atoms with Crippen molar-refractivity contribution in [3.05, 3.63) is 95.1 Å². The van der Waals surface area contributed by atoms with Crippen molar-refractivity contribution in [2.45, 2.75) is 50.8 Å². The van der Waals surface area contributed by atoms with E-state index >= 15 is 0 Å². The van der Waals surface area contributed by atoms with Crippen LogP contribution in [0.1, 0.15) is 55.0 Å². The van der Waals surface area contributed by atoms with Gasteiger partial charge in [0.2, 0.25) is 0 Å². The summed E-state index contributed by atoms with van der Waals surface area (Å²) in [6, 6.07) is 20.4. The number of nitrogens with two attached hydrogens (primary N) is 1. The summed E-state index contributed by atoms with van der Waals surface area (Å²) in [5.41, 5.74) is 10.9. The number of rotatable bonds is 8. The van der Waals surface area contributed by atoms with E-state index in [-0.39, 0.29) is 18.9 Å². The third-order valence-electron chi connectivity index (χ3n) is 6.37. The molecule has 0 radical (unpaired) electrons. The van der Waals surface area contributed by atoms with Crippen molar-refractivity contribution in [3.8, 4) is 11.1 Å². The van der Waals surface area contributed by atoms with Gasteiger partial charge < -0.3 is 25.6 Å². The van der Waals surface area contributed by atoms with Gasteiger partial charge in [-0.05, 0) is 54.2 Å². The van der Waals surface area contributed by atoms with Gasteiger partial charge in [-0.25, -0.2) is 14.4 Å². The number of carboxylic acids is 1. The number of ether oxygens (including phenoxy) is 2. The maximum atomic E-state index is 12.6. The average molecular weight is 517 g/mol. The van der Waals surface area contributed by atoms with E-state index < -0.39 is 35.7 Å². The van der Waals surface area contributed by atoms with E-state index in [0.717, 1.165) is 22.3 Å². The molecule has 3 aromatic rings. The average Bonchev–Trinajstić information content (AvgIpc) is 3.19. The number of amides is 1. The molecule has 4 N–H and O–H groups in total. The molecular formula is C30H32N2O6. The van der Waals surface area contributed by atoms with E-state index in [9.17, 15) is 19.5 Å². The summed E-state index contributed by atoms with van der Waals surface area (Å²) >= 11 is 0. The Morgan fingerprint density at radius 1 is 0.921 bits per heavy atom.